The average molecular weight is 360 g/mol. The van der Waals surface area contributed by atoms with E-state index in [1.165, 1.54) is 18.4 Å². The lowest BCUT2D eigenvalue weighted by Gasteiger charge is -2.17. The first-order chi connectivity index (χ1) is 12.6. The van der Waals surface area contributed by atoms with Crippen LogP contribution in [0.4, 0.5) is 5.69 Å². The van der Waals surface area contributed by atoms with Gasteiger partial charge in [-0.15, -0.1) is 0 Å². The highest BCUT2D eigenvalue weighted by Gasteiger charge is 2.21. The van der Waals surface area contributed by atoms with Crippen LogP contribution in [0.25, 0.3) is 0 Å². The maximum Gasteiger partial charge on any atom is 0.321 e. The van der Waals surface area contributed by atoms with Crippen molar-refractivity contribution in [2.45, 2.75) is 44.6 Å². The van der Waals surface area contributed by atoms with Crippen LogP contribution in [-0.4, -0.2) is 36.4 Å². The van der Waals surface area contributed by atoms with E-state index in [0.717, 1.165) is 19.3 Å². The molecule has 1 heterocycles. The molecule has 1 aliphatic heterocycles. The lowest BCUT2D eigenvalue weighted by molar-refractivity contribution is -0.141. The summed E-state index contributed by atoms with van der Waals surface area (Å²) in [5.74, 6) is -0.189. The van der Waals surface area contributed by atoms with Crippen LogP contribution in [0.5, 0.6) is 11.5 Å². The summed E-state index contributed by atoms with van der Waals surface area (Å²) >= 11 is 0. The van der Waals surface area contributed by atoms with Gasteiger partial charge in [0.2, 0.25) is 12.7 Å². The summed E-state index contributed by atoms with van der Waals surface area (Å²) in [4.78, 5) is 23.6. The molecule has 3 rings (SSSR count). The topological polar surface area (TPSA) is 96.9 Å². The van der Waals surface area contributed by atoms with Crippen molar-refractivity contribution in [2.75, 3.05) is 18.7 Å². The van der Waals surface area contributed by atoms with Gasteiger partial charge < -0.3 is 25.2 Å². The number of ether oxygens (including phenoxy) is 2. The lowest BCUT2D eigenvalue weighted by Crippen LogP contribution is -2.40. The molecule has 7 nitrogen and oxygen atoms in total. The van der Waals surface area contributed by atoms with Crippen LogP contribution in [0, 0.1) is 0 Å². The zero-order chi connectivity index (χ0) is 18.4. The van der Waals surface area contributed by atoms with Crippen molar-refractivity contribution in [3.05, 3.63) is 29.8 Å². The van der Waals surface area contributed by atoms with Crippen molar-refractivity contribution in [2.24, 2.45) is 0 Å². The second-order valence-electron chi connectivity index (χ2n) is 6.52. The maximum atomic E-state index is 12.2. The Morgan fingerprint density at radius 3 is 2.81 bits per heavy atom. The molecule has 0 saturated carbocycles. The number of allylic oxidation sites excluding steroid dienone is 1. The van der Waals surface area contributed by atoms with Crippen LogP contribution in [0.3, 0.4) is 0 Å². The fourth-order valence-electron chi connectivity index (χ4n) is 3.16. The molecular formula is C19H24N2O5. The monoisotopic (exact) mass is 360 g/mol. The number of carbonyl (C=O) groups is 2. The Labute approximate surface area is 152 Å². The number of carboxylic acids is 1. The van der Waals surface area contributed by atoms with E-state index < -0.39 is 12.0 Å². The zero-order valence-electron chi connectivity index (χ0n) is 14.6. The quantitative estimate of drug-likeness (QED) is 0.617. The fourth-order valence-corrected chi connectivity index (χ4v) is 3.16. The number of rotatable bonds is 8. The molecule has 140 valence electrons. The minimum absolute atomic E-state index is 0.136. The standard InChI is InChI=1S/C19H24N2O5/c22-18(21-14-6-7-16-17(10-14)26-12-25-16)11-15(19(23)24)20-9-8-13-4-2-1-3-5-13/h4,6-7,10,15,20H,1-3,5,8-9,11-12H2,(H,21,22)(H,23,24). The minimum Gasteiger partial charge on any atom is -0.480 e. The van der Waals surface area contributed by atoms with Crippen LogP contribution in [0.1, 0.15) is 38.5 Å². The van der Waals surface area contributed by atoms with Gasteiger partial charge in [-0.2, -0.15) is 0 Å². The van der Waals surface area contributed by atoms with Crippen molar-refractivity contribution in [1.29, 1.82) is 0 Å². The van der Waals surface area contributed by atoms with Crippen LogP contribution in [0.2, 0.25) is 0 Å². The Balaban J connectivity index is 1.48. The molecule has 1 aliphatic carbocycles. The SMILES string of the molecule is O=C(CC(NCCC1=CCCCC1)C(=O)O)Nc1ccc2c(c1)OCO2. The first kappa shape index (κ1) is 18.3. The molecule has 1 unspecified atom stereocenters. The largest absolute Gasteiger partial charge is 0.480 e. The highest BCUT2D eigenvalue weighted by molar-refractivity contribution is 5.94. The molecular weight excluding hydrogens is 336 g/mol. The number of hydrogen-bond acceptors (Lipinski definition) is 5. The van der Waals surface area contributed by atoms with E-state index >= 15 is 0 Å². The second-order valence-corrected chi connectivity index (χ2v) is 6.52. The average Bonchev–Trinajstić information content (AvgIpc) is 3.09. The van der Waals surface area contributed by atoms with Crippen molar-refractivity contribution < 1.29 is 24.2 Å². The molecule has 0 radical (unpaired) electrons. The molecule has 1 aromatic rings. The minimum atomic E-state index is -1.02. The van der Waals surface area contributed by atoms with Crippen LogP contribution in [-0.2, 0) is 9.59 Å². The molecule has 0 fully saturated rings. The van der Waals surface area contributed by atoms with Gasteiger partial charge in [0.1, 0.15) is 6.04 Å². The third-order valence-electron chi connectivity index (χ3n) is 4.57. The first-order valence-electron chi connectivity index (χ1n) is 8.95. The van der Waals surface area contributed by atoms with Gasteiger partial charge in [-0.3, -0.25) is 9.59 Å². The van der Waals surface area contributed by atoms with E-state index in [1.54, 1.807) is 18.2 Å². The van der Waals surface area contributed by atoms with Crippen molar-refractivity contribution >= 4 is 17.6 Å². The van der Waals surface area contributed by atoms with Crippen molar-refractivity contribution in [3.8, 4) is 11.5 Å². The number of amides is 1. The van der Waals surface area contributed by atoms with E-state index in [2.05, 4.69) is 16.7 Å². The van der Waals surface area contributed by atoms with Gasteiger partial charge in [0.15, 0.2) is 11.5 Å². The van der Waals surface area contributed by atoms with E-state index in [0.29, 0.717) is 23.7 Å². The predicted octanol–water partition coefficient (Wildman–Crippen LogP) is 2.68. The summed E-state index contributed by atoms with van der Waals surface area (Å²) in [5, 5.41) is 15.0. The number of carboxylic acid groups (broad SMARTS) is 1. The number of anilines is 1. The molecule has 0 aromatic heterocycles. The summed E-state index contributed by atoms with van der Waals surface area (Å²) in [7, 11) is 0. The maximum absolute atomic E-state index is 12.2. The number of fused-ring (bicyclic) bond motifs is 1. The van der Waals surface area contributed by atoms with E-state index in [-0.39, 0.29) is 19.1 Å². The van der Waals surface area contributed by atoms with Gasteiger partial charge >= 0.3 is 5.97 Å². The Bertz CT molecular complexity index is 701. The summed E-state index contributed by atoms with van der Waals surface area (Å²) in [5.41, 5.74) is 1.92. The third-order valence-corrected chi connectivity index (χ3v) is 4.57. The Morgan fingerprint density at radius 2 is 2.04 bits per heavy atom. The normalized spacial score (nSPS) is 16.7. The Hall–Kier alpha value is -2.54. The van der Waals surface area contributed by atoms with Crippen LogP contribution >= 0.6 is 0 Å². The lowest BCUT2D eigenvalue weighted by atomic mass is 9.97. The molecule has 3 N–H and O–H groups in total. The van der Waals surface area contributed by atoms with Crippen molar-refractivity contribution in [1.82, 2.24) is 5.32 Å². The number of nitrogens with one attached hydrogen (secondary N) is 2. The highest BCUT2D eigenvalue weighted by Crippen LogP contribution is 2.34. The highest BCUT2D eigenvalue weighted by atomic mass is 16.7. The molecule has 0 spiro atoms. The van der Waals surface area contributed by atoms with Crippen LogP contribution < -0.4 is 20.1 Å². The first-order valence-corrected chi connectivity index (χ1v) is 8.95. The van der Waals surface area contributed by atoms with E-state index in [9.17, 15) is 14.7 Å². The molecule has 0 bridgehead atoms. The van der Waals surface area contributed by atoms with Gasteiger partial charge in [0, 0.05) is 11.8 Å². The molecule has 1 amide bonds. The van der Waals surface area contributed by atoms with Gasteiger partial charge in [-0.25, -0.2) is 0 Å². The third kappa shape index (κ3) is 4.98. The number of aliphatic carboxylic acids is 1. The van der Waals surface area contributed by atoms with E-state index in [4.69, 9.17) is 9.47 Å². The molecule has 1 atom stereocenters. The molecule has 2 aliphatic rings. The van der Waals surface area contributed by atoms with Gasteiger partial charge in [-0.05, 0) is 50.8 Å². The fraction of sp³-hybridized carbons (Fsp3) is 0.474. The van der Waals surface area contributed by atoms with Crippen LogP contribution in [0.15, 0.2) is 29.8 Å². The zero-order valence-corrected chi connectivity index (χ0v) is 14.6. The number of benzene rings is 1. The molecule has 0 saturated heterocycles. The molecule has 26 heavy (non-hydrogen) atoms. The number of carbonyl (C=O) groups excluding carboxylic acids is 1. The summed E-state index contributed by atoms with van der Waals surface area (Å²) in [6.45, 7) is 0.717. The Kier molecular flexibility index (Phi) is 6.12. The number of hydrogen-bond donors (Lipinski definition) is 3. The molecule has 7 heteroatoms. The molecule has 1 aromatic carbocycles. The predicted molar refractivity (Wildman–Crippen MR) is 96.4 cm³/mol. The van der Waals surface area contributed by atoms with E-state index in [1.807, 2.05) is 0 Å². The summed E-state index contributed by atoms with van der Waals surface area (Å²) in [6.07, 6.45) is 7.56. The smallest absolute Gasteiger partial charge is 0.321 e. The summed E-state index contributed by atoms with van der Waals surface area (Å²) < 4.78 is 10.5. The van der Waals surface area contributed by atoms with Gasteiger partial charge in [0.05, 0.1) is 6.42 Å². The van der Waals surface area contributed by atoms with Gasteiger partial charge in [0.25, 0.3) is 0 Å². The second kappa shape index (κ2) is 8.71. The Morgan fingerprint density at radius 1 is 1.19 bits per heavy atom. The summed E-state index contributed by atoms with van der Waals surface area (Å²) in [6, 6.07) is 4.17. The van der Waals surface area contributed by atoms with Gasteiger partial charge in [-0.1, -0.05) is 11.6 Å². The van der Waals surface area contributed by atoms with Crippen molar-refractivity contribution in [3.63, 3.8) is 0 Å².